The van der Waals surface area contributed by atoms with Gasteiger partial charge in [0.1, 0.15) is 6.10 Å². The molecule has 4 nitrogen and oxygen atoms in total. The number of rotatable bonds is 1. The molecule has 0 bridgehead atoms. The molecule has 0 spiro atoms. The number of fused-ring (bicyclic) bond motifs is 2. The van der Waals surface area contributed by atoms with Gasteiger partial charge < -0.3 is 14.9 Å². The Kier molecular flexibility index (Phi) is 2.84. The Labute approximate surface area is 112 Å². The molecule has 3 aliphatic rings. The predicted octanol–water partition coefficient (Wildman–Crippen LogP) is 1.33. The van der Waals surface area contributed by atoms with E-state index in [4.69, 9.17) is 4.74 Å². The maximum atomic E-state index is 11.6. The fourth-order valence-corrected chi connectivity index (χ4v) is 3.95. The van der Waals surface area contributed by atoms with E-state index in [-0.39, 0.29) is 30.0 Å². The highest BCUT2D eigenvalue weighted by Gasteiger charge is 2.51. The molecule has 0 aromatic rings. The maximum absolute atomic E-state index is 11.6. The van der Waals surface area contributed by atoms with E-state index in [2.05, 4.69) is 13.5 Å². The molecule has 2 fully saturated rings. The van der Waals surface area contributed by atoms with Crippen molar-refractivity contribution < 1.29 is 19.7 Å². The van der Waals surface area contributed by atoms with Crippen LogP contribution in [0.5, 0.6) is 0 Å². The van der Waals surface area contributed by atoms with E-state index in [9.17, 15) is 15.0 Å². The Morgan fingerprint density at radius 1 is 1.53 bits per heavy atom. The molecule has 2 aliphatic carbocycles. The second kappa shape index (κ2) is 4.18. The summed E-state index contributed by atoms with van der Waals surface area (Å²) in [6.07, 6.45) is 2.37. The van der Waals surface area contributed by atoms with Gasteiger partial charge in [-0.05, 0) is 36.7 Å². The van der Waals surface area contributed by atoms with Crippen molar-refractivity contribution in [3.05, 3.63) is 23.3 Å². The monoisotopic (exact) mass is 264 g/mol. The Morgan fingerprint density at radius 3 is 2.95 bits per heavy atom. The van der Waals surface area contributed by atoms with E-state index in [1.54, 1.807) is 0 Å². The van der Waals surface area contributed by atoms with Crippen LogP contribution < -0.4 is 0 Å². The third kappa shape index (κ3) is 1.77. The van der Waals surface area contributed by atoms with Crippen LogP contribution in [-0.4, -0.2) is 35.0 Å². The summed E-state index contributed by atoms with van der Waals surface area (Å²) in [7, 11) is 0. The standard InChI is InChI=1S/C15H20O4/c1-8-9-5-11-10(7-16)12(17)3-4-15(11,2)6-13(9)19-14(8)18/h9,12-13,16-17H,1,3-7H2,2H3/t9-,12-,13-,15-/m1/s1. The molecular formula is C15H20O4. The van der Waals surface area contributed by atoms with Gasteiger partial charge in [0.05, 0.1) is 12.7 Å². The first-order chi connectivity index (χ1) is 8.96. The lowest BCUT2D eigenvalue weighted by atomic mass is 9.60. The minimum absolute atomic E-state index is 0.0161. The summed E-state index contributed by atoms with van der Waals surface area (Å²) in [6.45, 7) is 5.87. The molecule has 1 saturated carbocycles. The van der Waals surface area contributed by atoms with Crippen LogP contribution in [0.25, 0.3) is 0 Å². The van der Waals surface area contributed by atoms with Gasteiger partial charge in [0.25, 0.3) is 0 Å². The van der Waals surface area contributed by atoms with Crippen molar-refractivity contribution >= 4 is 5.97 Å². The van der Waals surface area contributed by atoms with E-state index in [0.717, 1.165) is 24.0 Å². The second-order valence-corrected chi connectivity index (χ2v) is 6.26. The number of carbonyl (C=O) groups excluding carboxylic acids is 1. The highest BCUT2D eigenvalue weighted by molar-refractivity contribution is 5.91. The lowest BCUT2D eigenvalue weighted by molar-refractivity contribution is -0.140. The molecule has 0 amide bonds. The summed E-state index contributed by atoms with van der Waals surface area (Å²) in [4.78, 5) is 11.6. The van der Waals surface area contributed by atoms with Crippen LogP contribution in [0.2, 0.25) is 0 Å². The van der Waals surface area contributed by atoms with Gasteiger partial charge in [-0.2, -0.15) is 0 Å². The van der Waals surface area contributed by atoms with Crippen LogP contribution in [0.15, 0.2) is 23.3 Å². The third-order valence-corrected chi connectivity index (χ3v) is 5.15. The highest BCUT2D eigenvalue weighted by Crippen LogP contribution is 2.54. The lowest BCUT2D eigenvalue weighted by Gasteiger charge is -2.46. The second-order valence-electron chi connectivity index (χ2n) is 6.26. The molecule has 19 heavy (non-hydrogen) atoms. The Morgan fingerprint density at radius 2 is 2.26 bits per heavy atom. The normalized spacial score (nSPS) is 41.9. The van der Waals surface area contributed by atoms with Gasteiger partial charge in [0, 0.05) is 11.5 Å². The third-order valence-electron chi connectivity index (χ3n) is 5.15. The number of aliphatic hydroxyl groups is 2. The predicted molar refractivity (Wildman–Crippen MR) is 69.2 cm³/mol. The zero-order valence-corrected chi connectivity index (χ0v) is 11.2. The van der Waals surface area contributed by atoms with Gasteiger partial charge >= 0.3 is 5.97 Å². The molecule has 3 rings (SSSR count). The first-order valence-electron chi connectivity index (χ1n) is 6.87. The number of hydrogen-bond acceptors (Lipinski definition) is 4. The van der Waals surface area contributed by atoms with E-state index < -0.39 is 6.10 Å². The van der Waals surface area contributed by atoms with E-state index in [1.807, 2.05) is 0 Å². The Balaban J connectivity index is 2.01. The number of esters is 1. The van der Waals surface area contributed by atoms with Crippen LogP contribution in [0.4, 0.5) is 0 Å². The van der Waals surface area contributed by atoms with Crippen LogP contribution >= 0.6 is 0 Å². The fourth-order valence-electron chi connectivity index (χ4n) is 3.95. The molecule has 0 unspecified atom stereocenters. The summed E-state index contributed by atoms with van der Waals surface area (Å²) < 4.78 is 5.40. The van der Waals surface area contributed by atoms with Gasteiger partial charge in [-0.15, -0.1) is 0 Å². The number of aliphatic hydroxyl groups excluding tert-OH is 2. The van der Waals surface area contributed by atoms with Gasteiger partial charge in [-0.3, -0.25) is 0 Å². The largest absolute Gasteiger partial charge is 0.458 e. The van der Waals surface area contributed by atoms with Crippen molar-refractivity contribution in [3.8, 4) is 0 Å². The van der Waals surface area contributed by atoms with E-state index in [0.29, 0.717) is 18.4 Å². The number of allylic oxidation sites excluding steroid dienone is 1. The van der Waals surface area contributed by atoms with Gasteiger partial charge in [0.15, 0.2) is 0 Å². The Bertz CT molecular complexity index is 479. The average Bonchev–Trinajstić information content (AvgIpc) is 2.63. The maximum Gasteiger partial charge on any atom is 0.334 e. The molecule has 2 N–H and O–H groups in total. The topological polar surface area (TPSA) is 66.8 Å². The van der Waals surface area contributed by atoms with Crippen LogP contribution in [0, 0.1) is 11.3 Å². The van der Waals surface area contributed by atoms with Crippen molar-refractivity contribution in [2.24, 2.45) is 11.3 Å². The molecule has 1 aliphatic heterocycles. The smallest absolute Gasteiger partial charge is 0.334 e. The summed E-state index contributed by atoms with van der Waals surface area (Å²) in [5.74, 6) is -0.272. The van der Waals surface area contributed by atoms with E-state index >= 15 is 0 Å². The zero-order chi connectivity index (χ0) is 13.8. The quantitative estimate of drug-likeness (QED) is 0.426. The SMILES string of the molecule is C=C1C(=O)O[C@@H]2C[C@@]3(C)CC[C@@H](O)C(CO)=C3C[C@H]12. The van der Waals surface area contributed by atoms with Gasteiger partial charge in [-0.1, -0.05) is 19.1 Å². The number of ether oxygens (including phenoxy) is 1. The number of carbonyl (C=O) groups is 1. The molecular weight excluding hydrogens is 244 g/mol. The molecule has 1 heterocycles. The molecule has 0 aromatic heterocycles. The molecule has 4 heteroatoms. The minimum atomic E-state index is -0.545. The first kappa shape index (κ1) is 12.9. The van der Waals surface area contributed by atoms with Crippen molar-refractivity contribution in [2.75, 3.05) is 6.61 Å². The van der Waals surface area contributed by atoms with Crippen LogP contribution in [-0.2, 0) is 9.53 Å². The molecule has 1 saturated heterocycles. The van der Waals surface area contributed by atoms with Gasteiger partial charge in [-0.25, -0.2) is 4.79 Å². The van der Waals surface area contributed by atoms with Crippen LogP contribution in [0.1, 0.15) is 32.6 Å². The molecule has 104 valence electrons. The first-order valence-corrected chi connectivity index (χ1v) is 6.87. The van der Waals surface area contributed by atoms with Crippen LogP contribution in [0.3, 0.4) is 0 Å². The summed E-state index contributed by atoms with van der Waals surface area (Å²) in [5.41, 5.74) is 2.34. The van der Waals surface area contributed by atoms with Crippen molar-refractivity contribution in [3.63, 3.8) is 0 Å². The fraction of sp³-hybridized carbons (Fsp3) is 0.667. The summed E-state index contributed by atoms with van der Waals surface area (Å²) in [6, 6.07) is 0. The molecule has 0 aromatic carbocycles. The highest BCUT2D eigenvalue weighted by atomic mass is 16.6. The van der Waals surface area contributed by atoms with Crippen molar-refractivity contribution in [2.45, 2.75) is 44.8 Å². The molecule has 0 radical (unpaired) electrons. The van der Waals surface area contributed by atoms with Crippen molar-refractivity contribution in [1.82, 2.24) is 0 Å². The minimum Gasteiger partial charge on any atom is -0.458 e. The molecule has 4 atom stereocenters. The van der Waals surface area contributed by atoms with Gasteiger partial charge in [0.2, 0.25) is 0 Å². The number of hydrogen-bond donors (Lipinski definition) is 2. The summed E-state index contributed by atoms with van der Waals surface area (Å²) >= 11 is 0. The van der Waals surface area contributed by atoms with Crippen molar-refractivity contribution in [1.29, 1.82) is 0 Å². The summed E-state index contributed by atoms with van der Waals surface area (Å²) in [5, 5.41) is 19.6. The average molecular weight is 264 g/mol. The van der Waals surface area contributed by atoms with E-state index in [1.165, 1.54) is 0 Å². The lowest BCUT2D eigenvalue weighted by Crippen LogP contribution is -2.41. The zero-order valence-electron chi connectivity index (χ0n) is 11.2. The Hall–Kier alpha value is -1.13.